The Morgan fingerprint density at radius 3 is 2.15 bits per heavy atom. The third kappa shape index (κ3) is 10.6. The lowest BCUT2D eigenvalue weighted by Crippen LogP contribution is -2.60. The smallest absolute Gasteiger partial charge is 0.192 e. The Kier molecular flexibility index (Phi) is 14.9. The Balaban J connectivity index is 1.86. The summed E-state index contributed by atoms with van der Waals surface area (Å²) in [4.78, 5) is 4.81. The number of fused-ring (bicyclic) bond motifs is 1. The van der Waals surface area contributed by atoms with E-state index in [1.807, 2.05) is 11.8 Å². The van der Waals surface area contributed by atoms with Crippen molar-refractivity contribution in [1.82, 2.24) is 4.98 Å². The molecule has 0 unspecified atom stereocenters. The normalized spacial score (nSPS) is 23.4. The summed E-state index contributed by atoms with van der Waals surface area (Å²) in [6.45, 7) is 34.2. The fourth-order valence-electron chi connectivity index (χ4n) is 5.87. The molecule has 274 valence electrons. The van der Waals surface area contributed by atoms with E-state index in [9.17, 15) is 0 Å². The van der Waals surface area contributed by atoms with Crippen molar-refractivity contribution in [2.45, 2.75) is 166 Å². The van der Waals surface area contributed by atoms with Gasteiger partial charge in [0, 0.05) is 30.8 Å². The molecule has 1 aliphatic heterocycles. The monoisotopic (exact) mass is 751 g/mol. The van der Waals surface area contributed by atoms with Gasteiger partial charge in [0.1, 0.15) is 0 Å². The lowest BCUT2D eigenvalue weighted by molar-refractivity contribution is -0.178. The van der Waals surface area contributed by atoms with Crippen LogP contribution in [0.2, 0.25) is 54.4 Å². The van der Waals surface area contributed by atoms with Gasteiger partial charge >= 0.3 is 0 Å². The number of allylic oxidation sites excluding steroid dienone is 1. The highest BCUT2D eigenvalue weighted by Crippen LogP contribution is 2.46. The number of thioether (sulfide) groups is 1. The number of hydrogen-bond donors (Lipinski definition) is 0. The maximum atomic E-state index is 7.49. The Morgan fingerprint density at radius 2 is 1.56 bits per heavy atom. The second-order valence-electron chi connectivity index (χ2n) is 17.2. The molecule has 2 aromatic rings. The molecule has 48 heavy (non-hydrogen) atoms. The minimum atomic E-state index is -2.00. The van der Waals surface area contributed by atoms with Crippen LogP contribution in [-0.4, -0.2) is 67.2 Å². The van der Waals surface area contributed by atoms with Crippen molar-refractivity contribution in [3.05, 3.63) is 36.4 Å². The van der Waals surface area contributed by atoms with E-state index >= 15 is 0 Å². The maximum absolute atomic E-state index is 7.49. The molecular formula is C38H69NO4S2Si3. The van der Waals surface area contributed by atoms with Gasteiger partial charge in [0.05, 0.1) is 28.5 Å². The first-order valence-corrected chi connectivity index (χ1v) is 28.6. The maximum Gasteiger partial charge on any atom is 0.192 e. The summed E-state index contributed by atoms with van der Waals surface area (Å²) in [5.74, 6) is 1.00. The second-order valence-corrected chi connectivity index (χ2v) is 33.9. The van der Waals surface area contributed by atoms with Gasteiger partial charge in [-0.05, 0) is 79.4 Å². The molecule has 1 aromatic carbocycles. The minimum Gasteiger partial charge on any atom is -0.417 e. The molecule has 10 heteroatoms. The van der Waals surface area contributed by atoms with Gasteiger partial charge in [-0.3, -0.25) is 0 Å². The van der Waals surface area contributed by atoms with Crippen LogP contribution >= 0.6 is 23.1 Å². The predicted octanol–water partition coefficient (Wildman–Crippen LogP) is 12.3. The summed E-state index contributed by atoms with van der Waals surface area (Å²) in [5, 5.41) is 0.309. The largest absolute Gasteiger partial charge is 0.417 e. The van der Waals surface area contributed by atoms with Crippen LogP contribution in [0.4, 0.5) is 0 Å². The summed E-state index contributed by atoms with van der Waals surface area (Å²) in [5.41, 5.74) is 0.828. The summed E-state index contributed by atoms with van der Waals surface area (Å²) in [6.07, 6.45) is 7.41. The number of thiazole rings is 1. The molecule has 0 amide bonds. The van der Waals surface area contributed by atoms with Crippen LogP contribution in [0, 0.1) is 5.41 Å². The molecule has 1 aliphatic rings. The number of ether oxygens (including phenoxy) is 1. The van der Waals surface area contributed by atoms with Crippen LogP contribution in [0.1, 0.15) is 88.5 Å². The summed E-state index contributed by atoms with van der Waals surface area (Å²) in [7, 11) is -5.79. The van der Waals surface area contributed by atoms with E-state index in [4.69, 9.17) is 23.0 Å². The van der Waals surface area contributed by atoms with Gasteiger partial charge in [-0.1, -0.05) is 105 Å². The van der Waals surface area contributed by atoms with Crippen LogP contribution in [0.5, 0.6) is 0 Å². The van der Waals surface area contributed by atoms with E-state index in [1.165, 1.54) is 4.70 Å². The number of hydrogen-bond acceptors (Lipinski definition) is 7. The van der Waals surface area contributed by atoms with Crippen molar-refractivity contribution >= 4 is 58.3 Å². The zero-order valence-corrected chi connectivity index (χ0v) is 37.6. The standard InChI is InChI=1S/C38H69NO4S2Si3/c1-15-48(16-2,17-3)43-34-28-30(22-20-21-27-44-35-39-31-23-18-19-24-32(31)45-35)42-33(25-26-40-46(11,12)36(4,5)6)38(34,10)29-41-47(13,14)37(7,8)9/h18-20,22-24,30,33-34H,15-17,21,25-29H2,1-14H3/b22-20+/t30-,33+,34-,38+/m0/s1. The van der Waals surface area contributed by atoms with E-state index < -0.39 is 25.0 Å². The van der Waals surface area contributed by atoms with Crippen LogP contribution in [0.15, 0.2) is 40.8 Å². The Labute approximate surface area is 306 Å². The molecule has 2 heterocycles. The van der Waals surface area contributed by atoms with Crippen LogP contribution < -0.4 is 0 Å². The first-order valence-electron chi connectivity index (χ1n) is 18.5. The van der Waals surface area contributed by atoms with Gasteiger partial charge in [0.25, 0.3) is 0 Å². The summed E-state index contributed by atoms with van der Waals surface area (Å²) < 4.78 is 30.8. The topological polar surface area (TPSA) is 49.8 Å². The van der Waals surface area contributed by atoms with Crippen molar-refractivity contribution in [3.63, 3.8) is 0 Å². The Hall–Kier alpha value is -0.309. The van der Waals surface area contributed by atoms with Crippen molar-refractivity contribution in [3.8, 4) is 0 Å². The van der Waals surface area contributed by atoms with Gasteiger partial charge in [-0.15, -0.1) is 11.3 Å². The van der Waals surface area contributed by atoms with Crippen LogP contribution in [0.3, 0.4) is 0 Å². The molecule has 0 bridgehead atoms. The van der Waals surface area contributed by atoms with Crippen molar-refractivity contribution in [1.29, 1.82) is 0 Å². The summed E-state index contributed by atoms with van der Waals surface area (Å²) >= 11 is 3.63. The lowest BCUT2D eigenvalue weighted by atomic mass is 9.74. The molecular weight excluding hydrogens is 683 g/mol. The van der Waals surface area contributed by atoms with Crippen molar-refractivity contribution in [2.24, 2.45) is 5.41 Å². The number of aromatic nitrogens is 1. The molecule has 0 N–H and O–H groups in total. The molecule has 0 radical (unpaired) electrons. The molecule has 1 fully saturated rings. The highest BCUT2D eigenvalue weighted by molar-refractivity contribution is 8.01. The molecule has 0 spiro atoms. The third-order valence-electron chi connectivity index (χ3n) is 11.9. The number of nitrogens with zero attached hydrogens (tertiary/aromatic N) is 1. The zero-order valence-electron chi connectivity index (χ0n) is 33.0. The van der Waals surface area contributed by atoms with Crippen LogP contribution in [-0.2, 0) is 18.0 Å². The molecule has 0 aliphatic carbocycles. The first-order chi connectivity index (χ1) is 22.2. The van der Waals surface area contributed by atoms with Crippen molar-refractivity contribution < 1.29 is 18.0 Å². The number of para-hydroxylation sites is 1. The van der Waals surface area contributed by atoms with Crippen molar-refractivity contribution in [2.75, 3.05) is 19.0 Å². The fraction of sp³-hybridized carbons (Fsp3) is 0.763. The van der Waals surface area contributed by atoms with E-state index in [0.29, 0.717) is 13.2 Å². The number of rotatable bonds is 17. The molecule has 3 rings (SSSR count). The van der Waals surface area contributed by atoms with E-state index in [2.05, 4.69) is 132 Å². The third-order valence-corrected chi connectivity index (χ3v) is 27.8. The summed E-state index contributed by atoms with van der Waals surface area (Å²) in [6, 6.07) is 11.8. The fourth-order valence-corrected chi connectivity index (χ4v) is 13.0. The SMILES string of the molecule is CC[Si](CC)(CC)O[C@H]1C[C@H](/C=C/CCSc2nc3ccccc3s2)O[C@H](CCO[Si](C)(C)C(C)(C)C)[C@@]1(C)CO[Si](C)(C)C(C)(C)C. The second kappa shape index (κ2) is 17.0. The minimum absolute atomic E-state index is 0.0125. The lowest BCUT2D eigenvalue weighted by Gasteiger charge is -2.53. The molecule has 1 saturated heterocycles. The Bertz CT molecular complexity index is 1270. The Morgan fingerprint density at radius 1 is 0.958 bits per heavy atom. The molecule has 5 nitrogen and oxygen atoms in total. The molecule has 1 aromatic heterocycles. The number of benzene rings is 1. The van der Waals surface area contributed by atoms with Gasteiger partial charge < -0.3 is 18.0 Å². The first kappa shape index (κ1) is 42.1. The van der Waals surface area contributed by atoms with E-state index in [0.717, 1.165) is 53.0 Å². The molecule has 4 atom stereocenters. The highest BCUT2D eigenvalue weighted by atomic mass is 32.2. The zero-order chi connectivity index (χ0) is 36.0. The van der Waals surface area contributed by atoms with E-state index in [-0.39, 0.29) is 33.8 Å². The average molecular weight is 752 g/mol. The quantitative estimate of drug-likeness (QED) is 0.0694. The van der Waals surface area contributed by atoms with Crippen LogP contribution in [0.25, 0.3) is 10.2 Å². The highest BCUT2D eigenvalue weighted by Gasteiger charge is 2.52. The van der Waals surface area contributed by atoms with Gasteiger partial charge in [-0.25, -0.2) is 4.98 Å². The van der Waals surface area contributed by atoms with E-state index in [1.54, 1.807) is 11.3 Å². The predicted molar refractivity (Wildman–Crippen MR) is 218 cm³/mol. The van der Waals surface area contributed by atoms with Gasteiger partial charge in [0.2, 0.25) is 0 Å². The average Bonchev–Trinajstić information content (AvgIpc) is 3.42. The molecule has 0 saturated carbocycles. The van der Waals surface area contributed by atoms with Gasteiger partial charge in [-0.2, -0.15) is 0 Å². The van der Waals surface area contributed by atoms with Gasteiger partial charge in [0.15, 0.2) is 29.3 Å².